The summed E-state index contributed by atoms with van der Waals surface area (Å²) in [6.07, 6.45) is -4.73. The van der Waals surface area contributed by atoms with E-state index in [2.05, 4.69) is 19.4 Å². The highest BCUT2D eigenvalue weighted by molar-refractivity contribution is 8.00. The monoisotopic (exact) mass is 453 g/mol. The van der Waals surface area contributed by atoms with Crippen LogP contribution in [0, 0.1) is 6.92 Å². The molecule has 3 rings (SSSR count). The molecule has 0 amide bonds. The van der Waals surface area contributed by atoms with Crippen LogP contribution in [0.1, 0.15) is 21.5 Å². The first-order valence-electron chi connectivity index (χ1n) is 8.52. The summed E-state index contributed by atoms with van der Waals surface area (Å²) in [5, 5.41) is -0.706. The molecule has 5 nitrogen and oxygen atoms in total. The van der Waals surface area contributed by atoms with Gasteiger partial charge in [-0.05, 0) is 42.6 Å². The molecule has 0 aliphatic carbocycles. The minimum absolute atomic E-state index is 0.0975. The lowest BCUT2D eigenvalue weighted by molar-refractivity contribution is -0.137. The van der Waals surface area contributed by atoms with E-state index in [-0.39, 0.29) is 11.6 Å². The Bertz CT molecular complexity index is 1090. The van der Waals surface area contributed by atoms with Crippen LogP contribution < -0.4 is 4.72 Å². The Kier molecular flexibility index (Phi) is 6.52. The maximum absolute atomic E-state index is 13.6. The number of carbonyl (C=O) groups excluding carboxylic acids is 1. The Morgan fingerprint density at radius 1 is 1.13 bits per heavy atom. The fraction of sp³-hybridized carbons (Fsp3) is 0.150. The van der Waals surface area contributed by atoms with Crippen LogP contribution in [0.3, 0.4) is 0 Å². The topological polar surface area (TPSA) is 64.1 Å². The average molecular weight is 454 g/mol. The summed E-state index contributed by atoms with van der Waals surface area (Å²) in [5.74, 6) is -0.604. The third kappa shape index (κ3) is 4.85. The Morgan fingerprint density at radius 3 is 2.53 bits per heavy atom. The van der Waals surface area contributed by atoms with Crippen LogP contribution in [0.2, 0.25) is 5.15 Å². The van der Waals surface area contributed by atoms with Gasteiger partial charge in [0.25, 0.3) is 0 Å². The Balaban J connectivity index is 1.97. The number of aromatic nitrogens is 2. The number of anilines is 1. The number of esters is 1. The highest BCUT2D eigenvalue weighted by Gasteiger charge is 2.39. The number of halogens is 4. The van der Waals surface area contributed by atoms with Gasteiger partial charge < -0.3 is 4.74 Å². The smallest absolute Gasteiger partial charge is 0.421 e. The first kappa shape index (κ1) is 21.9. The number of nitrogens with zero attached hydrogens (tertiary/aromatic N) is 2. The van der Waals surface area contributed by atoms with Crippen molar-refractivity contribution >= 4 is 35.5 Å². The maximum Gasteiger partial charge on any atom is 0.421 e. The number of benzene rings is 2. The number of rotatable bonds is 5. The fourth-order valence-electron chi connectivity index (χ4n) is 2.67. The molecule has 0 saturated carbocycles. The van der Waals surface area contributed by atoms with E-state index < -0.39 is 22.9 Å². The molecule has 0 bridgehead atoms. The lowest BCUT2D eigenvalue weighted by Gasteiger charge is -2.16. The summed E-state index contributed by atoms with van der Waals surface area (Å²) in [6, 6.07) is 13.1. The third-order valence-electron chi connectivity index (χ3n) is 4.06. The van der Waals surface area contributed by atoms with E-state index in [0.717, 1.165) is 11.9 Å². The molecule has 156 valence electrons. The summed E-state index contributed by atoms with van der Waals surface area (Å²) in [4.78, 5) is 20.1. The quantitative estimate of drug-likeness (QED) is 0.289. The summed E-state index contributed by atoms with van der Waals surface area (Å²) >= 11 is 6.93. The van der Waals surface area contributed by atoms with Gasteiger partial charge in [-0.1, -0.05) is 41.9 Å². The second-order valence-corrected chi connectivity index (χ2v) is 7.34. The molecule has 0 fully saturated rings. The molecule has 2 aromatic carbocycles. The van der Waals surface area contributed by atoms with Crippen molar-refractivity contribution in [3.05, 3.63) is 70.4 Å². The summed E-state index contributed by atoms with van der Waals surface area (Å²) < 4.78 is 48.3. The molecule has 0 aliphatic rings. The molecule has 0 aliphatic heterocycles. The van der Waals surface area contributed by atoms with Gasteiger partial charge in [-0.25, -0.2) is 9.78 Å². The molecule has 0 atom stereocenters. The maximum atomic E-state index is 13.6. The van der Waals surface area contributed by atoms with Gasteiger partial charge >= 0.3 is 12.1 Å². The first-order valence-corrected chi connectivity index (χ1v) is 9.72. The van der Waals surface area contributed by atoms with E-state index in [1.54, 1.807) is 55.5 Å². The lowest BCUT2D eigenvalue weighted by Crippen LogP contribution is -2.12. The van der Waals surface area contributed by atoms with Crippen molar-refractivity contribution in [2.24, 2.45) is 0 Å². The number of ether oxygens (including phenoxy) is 1. The van der Waals surface area contributed by atoms with E-state index in [0.29, 0.717) is 21.6 Å². The number of carbonyl (C=O) groups is 1. The van der Waals surface area contributed by atoms with Crippen molar-refractivity contribution in [1.29, 1.82) is 0 Å². The zero-order valence-electron chi connectivity index (χ0n) is 15.7. The molecular formula is C20H15ClF3N3O2S. The summed E-state index contributed by atoms with van der Waals surface area (Å²) in [7, 11) is 1.27. The Morgan fingerprint density at radius 2 is 1.87 bits per heavy atom. The van der Waals surface area contributed by atoms with Crippen molar-refractivity contribution < 1.29 is 22.7 Å². The van der Waals surface area contributed by atoms with Crippen LogP contribution in [-0.2, 0) is 10.9 Å². The van der Waals surface area contributed by atoms with Gasteiger partial charge in [-0.15, -0.1) is 0 Å². The molecule has 30 heavy (non-hydrogen) atoms. The molecule has 1 heterocycles. The second kappa shape index (κ2) is 8.93. The normalized spacial score (nSPS) is 11.3. The lowest BCUT2D eigenvalue weighted by atomic mass is 10.0. The van der Waals surface area contributed by atoms with Crippen LogP contribution >= 0.6 is 23.5 Å². The van der Waals surface area contributed by atoms with Gasteiger partial charge in [0.15, 0.2) is 0 Å². The van der Waals surface area contributed by atoms with E-state index in [1.165, 1.54) is 7.11 Å². The Labute approximate surface area is 179 Å². The molecule has 1 aromatic heterocycles. The third-order valence-corrected chi connectivity index (χ3v) is 5.11. The standard InChI is InChI=1S/C20H15ClF3N3O2S/c1-11-6-3-4-9-14(11)16-15(20(22,23)24)17(21)26-19(25-16)27-30-13-8-5-7-12(10-13)18(28)29-2/h3-10H,1-2H3,(H,25,26,27). The molecule has 3 aromatic rings. The van der Waals surface area contributed by atoms with E-state index >= 15 is 0 Å². The number of nitrogens with one attached hydrogen (secondary N) is 1. The van der Waals surface area contributed by atoms with Gasteiger partial charge in [-0.2, -0.15) is 18.2 Å². The second-order valence-electron chi connectivity index (χ2n) is 6.10. The Hall–Kier alpha value is -2.78. The van der Waals surface area contributed by atoms with Crippen LogP contribution in [-0.4, -0.2) is 23.0 Å². The summed E-state index contributed by atoms with van der Waals surface area (Å²) in [5.41, 5.74) is -0.165. The van der Waals surface area contributed by atoms with Crippen molar-refractivity contribution in [1.82, 2.24) is 9.97 Å². The van der Waals surface area contributed by atoms with E-state index in [9.17, 15) is 18.0 Å². The predicted octanol–water partition coefficient (Wildman–Crippen LogP) is 6.03. The van der Waals surface area contributed by atoms with Gasteiger partial charge in [-0.3, -0.25) is 4.72 Å². The SMILES string of the molecule is COC(=O)c1cccc(SNc2nc(Cl)c(C(F)(F)F)c(-c3ccccc3C)n2)c1. The number of hydrogen-bond acceptors (Lipinski definition) is 6. The van der Waals surface area contributed by atoms with Crippen LogP contribution in [0.15, 0.2) is 53.4 Å². The van der Waals surface area contributed by atoms with Crippen molar-refractivity contribution in [3.8, 4) is 11.3 Å². The first-order chi connectivity index (χ1) is 14.2. The largest absolute Gasteiger partial charge is 0.465 e. The van der Waals surface area contributed by atoms with Gasteiger partial charge in [0.1, 0.15) is 10.7 Å². The van der Waals surface area contributed by atoms with Crippen molar-refractivity contribution in [3.63, 3.8) is 0 Å². The highest BCUT2D eigenvalue weighted by atomic mass is 35.5. The molecule has 0 spiro atoms. The van der Waals surface area contributed by atoms with Gasteiger partial charge in [0.05, 0.1) is 18.4 Å². The van der Waals surface area contributed by atoms with E-state index in [4.69, 9.17) is 11.6 Å². The zero-order chi connectivity index (χ0) is 21.9. The molecule has 1 N–H and O–H groups in total. The number of aryl methyl sites for hydroxylation is 1. The average Bonchev–Trinajstić information content (AvgIpc) is 2.70. The predicted molar refractivity (Wildman–Crippen MR) is 109 cm³/mol. The minimum Gasteiger partial charge on any atom is -0.465 e. The van der Waals surface area contributed by atoms with Crippen molar-refractivity contribution in [2.75, 3.05) is 11.8 Å². The van der Waals surface area contributed by atoms with Crippen LogP contribution in [0.25, 0.3) is 11.3 Å². The number of hydrogen-bond donors (Lipinski definition) is 1. The van der Waals surface area contributed by atoms with Crippen LogP contribution in [0.4, 0.5) is 19.1 Å². The van der Waals surface area contributed by atoms with Crippen molar-refractivity contribution in [2.45, 2.75) is 18.0 Å². The number of alkyl halides is 3. The number of methoxy groups -OCH3 is 1. The van der Waals surface area contributed by atoms with Gasteiger partial charge in [0, 0.05) is 10.5 Å². The zero-order valence-corrected chi connectivity index (χ0v) is 17.3. The molecular weight excluding hydrogens is 439 g/mol. The molecule has 10 heteroatoms. The minimum atomic E-state index is -4.73. The van der Waals surface area contributed by atoms with Gasteiger partial charge in [0.2, 0.25) is 5.95 Å². The molecule has 0 radical (unpaired) electrons. The molecule has 0 saturated heterocycles. The summed E-state index contributed by atoms with van der Waals surface area (Å²) in [6.45, 7) is 1.69. The van der Waals surface area contributed by atoms with Crippen LogP contribution in [0.5, 0.6) is 0 Å². The fourth-order valence-corrected chi connectivity index (χ4v) is 3.58. The molecule has 0 unspecified atom stereocenters. The van der Waals surface area contributed by atoms with E-state index in [1.807, 2.05) is 0 Å². The highest BCUT2D eigenvalue weighted by Crippen LogP contribution is 2.41.